The smallest absolute Gasteiger partial charge is 0.228 e. The zero-order valence-electron chi connectivity index (χ0n) is 13.7. The van der Waals surface area contributed by atoms with Gasteiger partial charge in [0.1, 0.15) is 0 Å². The lowest BCUT2D eigenvalue weighted by molar-refractivity contribution is -0.119. The van der Waals surface area contributed by atoms with Crippen molar-refractivity contribution in [2.45, 2.75) is 13.0 Å². The van der Waals surface area contributed by atoms with Crippen molar-refractivity contribution >= 4 is 23.7 Å². The van der Waals surface area contributed by atoms with Gasteiger partial charge in [-0.3, -0.25) is 4.79 Å². The normalized spacial score (nSPS) is 14.7. The fourth-order valence-corrected chi connectivity index (χ4v) is 2.83. The molecule has 0 saturated heterocycles. The molecule has 1 aliphatic heterocycles. The minimum atomic E-state index is 0.163. The maximum atomic E-state index is 12.8. The van der Waals surface area contributed by atoms with Gasteiger partial charge in [-0.25, -0.2) is 0 Å². The van der Waals surface area contributed by atoms with Crippen LogP contribution in [-0.4, -0.2) is 31.4 Å². The van der Waals surface area contributed by atoms with Crippen molar-refractivity contribution in [3.8, 4) is 0 Å². The van der Waals surface area contributed by atoms with Crippen molar-refractivity contribution in [3.05, 3.63) is 65.2 Å². The summed E-state index contributed by atoms with van der Waals surface area (Å²) in [6, 6.07) is 16.4. The van der Waals surface area contributed by atoms with Crippen LogP contribution in [0.4, 0.5) is 5.69 Å². The van der Waals surface area contributed by atoms with Crippen LogP contribution in [0, 0.1) is 0 Å². The summed E-state index contributed by atoms with van der Waals surface area (Å²) in [6.07, 6.45) is 4.75. The number of hydrogen-bond donors (Lipinski definition) is 0. The number of carbonyl (C=O) groups is 1. The molecule has 0 saturated carbocycles. The van der Waals surface area contributed by atoms with Gasteiger partial charge in [-0.15, -0.1) is 0 Å². The molecule has 3 rings (SSSR count). The lowest BCUT2D eigenvalue weighted by atomic mass is 10.0. The van der Waals surface area contributed by atoms with E-state index in [-0.39, 0.29) is 5.91 Å². The van der Waals surface area contributed by atoms with E-state index in [1.54, 1.807) is 0 Å². The molecule has 0 unspecified atom stereocenters. The molecule has 0 bridgehead atoms. The quantitative estimate of drug-likeness (QED) is 0.864. The highest BCUT2D eigenvalue weighted by molar-refractivity contribution is 5.97. The minimum absolute atomic E-state index is 0.163. The van der Waals surface area contributed by atoms with E-state index >= 15 is 0 Å². The van der Waals surface area contributed by atoms with Crippen molar-refractivity contribution in [1.29, 1.82) is 0 Å². The lowest BCUT2D eigenvalue weighted by Gasteiger charge is -2.27. The Bertz CT molecular complexity index is 734. The predicted molar refractivity (Wildman–Crippen MR) is 96.2 cm³/mol. The Hall–Kier alpha value is -2.39. The Labute approximate surface area is 137 Å². The second-order valence-electron chi connectivity index (χ2n) is 6.12. The molecule has 1 heterocycles. The largest absolute Gasteiger partial charge is 0.309 e. The highest BCUT2D eigenvalue weighted by atomic mass is 16.2. The van der Waals surface area contributed by atoms with E-state index in [1.807, 2.05) is 54.2 Å². The highest BCUT2D eigenvalue weighted by Crippen LogP contribution is 2.29. The Balaban J connectivity index is 2.00. The summed E-state index contributed by atoms with van der Waals surface area (Å²) >= 11 is 0. The van der Waals surface area contributed by atoms with Gasteiger partial charge in [-0.2, -0.15) is 0 Å². The number of nitrogens with zero attached hydrogens (tertiary/aromatic N) is 2. The van der Waals surface area contributed by atoms with E-state index in [4.69, 9.17) is 0 Å². The van der Waals surface area contributed by atoms with Crippen molar-refractivity contribution in [2.75, 3.05) is 25.5 Å². The maximum Gasteiger partial charge on any atom is 0.228 e. The topological polar surface area (TPSA) is 23.6 Å². The van der Waals surface area contributed by atoms with Crippen LogP contribution >= 0.6 is 0 Å². The molecule has 0 N–H and O–H groups in total. The zero-order chi connectivity index (χ0) is 16.2. The van der Waals surface area contributed by atoms with Crippen LogP contribution < -0.4 is 4.90 Å². The summed E-state index contributed by atoms with van der Waals surface area (Å²) < 4.78 is 0. The number of hydrogen-bond acceptors (Lipinski definition) is 2. The van der Waals surface area contributed by atoms with Crippen LogP contribution in [0.3, 0.4) is 0 Å². The van der Waals surface area contributed by atoms with Crippen molar-refractivity contribution in [3.63, 3.8) is 0 Å². The first kappa shape index (κ1) is 15.5. The fourth-order valence-electron chi connectivity index (χ4n) is 2.83. The van der Waals surface area contributed by atoms with Crippen LogP contribution in [0.5, 0.6) is 0 Å². The molecule has 1 aliphatic rings. The van der Waals surface area contributed by atoms with Crippen molar-refractivity contribution < 1.29 is 4.79 Å². The van der Waals surface area contributed by atoms with Crippen LogP contribution in [0.25, 0.3) is 12.2 Å². The molecular weight excluding hydrogens is 284 g/mol. The maximum absolute atomic E-state index is 12.8. The average Bonchev–Trinajstić information content (AvgIpc) is 2.55. The first-order valence-electron chi connectivity index (χ1n) is 7.95. The summed E-state index contributed by atoms with van der Waals surface area (Å²) in [6.45, 7) is 1.37. The van der Waals surface area contributed by atoms with Crippen molar-refractivity contribution in [1.82, 2.24) is 4.90 Å². The molecular formula is C20H22N2O. The fraction of sp³-hybridized carbons (Fsp3) is 0.250. The van der Waals surface area contributed by atoms with Crippen molar-refractivity contribution in [2.24, 2.45) is 0 Å². The Morgan fingerprint density at radius 3 is 2.43 bits per heavy atom. The summed E-state index contributed by atoms with van der Waals surface area (Å²) in [5.41, 5.74) is 4.42. The third-order valence-electron chi connectivity index (χ3n) is 4.13. The first-order chi connectivity index (χ1) is 11.1. The van der Waals surface area contributed by atoms with E-state index in [2.05, 4.69) is 30.4 Å². The number of anilines is 1. The minimum Gasteiger partial charge on any atom is -0.309 e. The molecule has 0 atom stereocenters. The number of carbonyl (C=O) groups excluding carboxylic acids is 1. The summed E-state index contributed by atoms with van der Waals surface area (Å²) in [4.78, 5) is 16.8. The summed E-state index contributed by atoms with van der Waals surface area (Å²) in [5.74, 6) is 0.163. The average molecular weight is 306 g/mol. The number of fused-ring (bicyclic) bond motifs is 2. The molecule has 0 radical (unpaired) electrons. The molecule has 2 aromatic carbocycles. The van der Waals surface area contributed by atoms with Crippen LogP contribution in [0.15, 0.2) is 48.5 Å². The molecule has 23 heavy (non-hydrogen) atoms. The SMILES string of the molecule is CN(C)CCC(=O)N1Cc2ccccc2/C=C\c2ccccc21. The number of amides is 1. The van der Waals surface area contributed by atoms with E-state index in [9.17, 15) is 4.79 Å². The van der Waals surface area contributed by atoms with Gasteiger partial charge in [-0.05, 0) is 36.9 Å². The number of benzene rings is 2. The van der Waals surface area contributed by atoms with Gasteiger partial charge in [0.2, 0.25) is 5.91 Å². The van der Waals surface area contributed by atoms with Crippen LogP contribution in [0.2, 0.25) is 0 Å². The molecule has 3 heteroatoms. The monoisotopic (exact) mass is 306 g/mol. The second kappa shape index (κ2) is 6.80. The molecule has 0 aromatic heterocycles. The third kappa shape index (κ3) is 3.51. The Morgan fingerprint density at radius 1 is 1.00 bits per heavy atom. The predicted octanol–water partition coefficient (Wildman–Crippen LogP) is 3.66. The third-order valence-corrected chi connectivity index (χ3v) is 4.13. The Kier molecular flexibility index (Phi) is 4.58. The van der Waals surface area contributed by atoms with Gasteiger partial charge in [0.15, 0.2) is 0 Å². The van der Waals surface area contributed by atoms with Gasteiger partial charge in [0.05, 0.1) is 12.2 Å². The summed E-state index contributed by atoms with van der Waals surface area (Å²) in [5, 5.41) is 0. The van der Waals surface area contributed by atoms with Gasteiger partial charge >= 0.3 is 0 Å². The van der Waals surface area contributed by atoms with E-state index in [1.165, 1.54) is 11.1 Å². The van der Waals surface area contributed by atoms with Crippen LogP contribution in [0.1, 0.15) is 23.1 Å². The zero-order valence-corrected chi connectivity index (χ0v) is 13.7. The van der Waals surface area contributed by atoms with Gasteiger partial charge < -0.3 is 9.80 Å². The van der Waals surface area contributed by atoms with Gasteiger partial charge in [0, 0.05) is 13.0 Å². The first-order valence-corrected chi connectivity index (χ1v) is 7.95. The Morgan fingerprint density at radius 2 is 1.65 bits per heavy atom. The van der Waals surface area contributed by atoms with Gasteiger partial charge in [0.25, 0.3) is 0 Å². The van der Waals surface area contributed by atoms with E-state index in [0.717, 1.165) is 17.8 Å². The second-order valence-corrected chi connectivity index (χ2v) is 6.12. The molecule has 0 spiro atoms. The standard InChI is InChI=1S/C20H22N2O/c1-21(2)14-13-20(23)22-15-18-9-4-3-7-16(18)11-12-17-8-5-6-10-19(17)22/h3-12H,13-15H2,1-2H3/b12-11-. The molecule has 118 valence electrons. The molecule has 0 fully saturated rings. The molecule has 3 nitrogen and oxygen atoms in total. The van der Waals surface area contributed by atoms with Gasteiger partial charge in [-0.1, -0.05) is 54.6 Å². The highest BCUT2D eigenvalue weighted by Gasteiger charge is 2.20. The lowest BCUT2D eigenvalue weighted by Crippen LogP contribution is -2.33. The van der Waals surface area contributed by atoms with E-state index < -0.39 is 0 Å². The molecule has 0 aliphatic carbocycles. The molecule has 2 aromatic rings. The molecule has 1 amide bonds. The number of para-hydroxylation sites is 1. The van der Waals surface area contributed by atoms with E-state index in [0.29, 0.717) is 13.0 Å². The van der Waals surface area contributed by atoms with Crippen LogP contribution in [-0.2, 0) is 11.3 Å². The number of rotatable bonds is 3. The summed E-state index contributed by atoms with van der Waals surface area (Å²) in [7, 11) is 3.99.